The van der Waals surface area contributed by atoms with Gasteiger partial charge in [-0.2, -0.15) is 5.10 Å². The van der Waals surface area contributed by atoms with Gasteiger partial charge in [0.05, 0.1) is 12.0 Å². The minimum atomic E-state index is 0.871. The summed E-state index contributed by atoms with van der Waals surface area (Å²) >= 11 is 0. The number of aryl methyl sites for hydroxylation is 2. The maximum atomic E-state index is 4.15. The molecule has 0 aromatic carbocycles. The lowest BCUT2D eigenvalue weighted by Gasteiger charge is -2.05. The quantitative estimate of drug-likeness (QED) is 0.731. The lowest BCUT2D eigenvalue weighted by molar-refractivity contribution is 0.538. The van der Waals surface area contributed by atoms with Crippen molar-refractivity contribution >= 4 is 0 Å². The molecule has 0 saturated carbocycles. The van der Waals surface area contributed by atoms with Crippen LogP contribution < -0.4 is 5.32 Å². The van der Waals surface area contributed by atoms with Gasteiger partial charge in [-0.25, -0.2) is 4.98 Å². The third-order valence-corrected chi connectivity index (χ3v) is 2.52. The van der Waals surface area contributed by atoms with Crippen molar-refractivity contribution in [3.8, 4) is 0 Å². The van der Waals surface area contributed by atoms with Gasteiger partial charge in [0.25, 0.3) is 0 Å². The van der Waals surface area contributed by atoms with E-state index in [-0.39, 0.29) is 0 Å². The summed E-state index contributed by atoms with van der Waals surface area (Å²) in [4.78, 5) is 4.07. The summed E-state index contributed by atoms with van der Waals surface area (Å²) in [6.07, 6.45) is 8.59. The van der Waals surface area contributed by atoms with Crippen LogP contribution in [0.3, 0.4) is 0 Å². The second-order valence-corrected chi connectivity index (χ2v) is 3.80. The van der Waals surface area contributed by atoms with Gasteiger partial charge in [-0.3, -0.25) is 4.68 Å². The van der Waals surface area contributed by atoms with E-state index in [1.807, 2.05) is 47.3 Å². The van der Waals surface area contributed by atoms with Crippen molar-refractivity contribution in [2.24, 2.45) is 7.05 Å². The lowest BCUT2D eigenvalue weighted by atomic mass is 10.4. The zero-order valence-electron chi connectivity index (χ0n) is 9.50. The molecule has 16 heavy (non-hydrogen) atoms. The maximum Gasteiger partial charge on any atom is 0.0945 e. The summed E-state index contributed by atoms with van der Waals surface area (Å²) in [5.74, 6) is 0. The van der Waals surface area contributed by atoms with E-state index in [1.54, 1.807) is 0 Å². The Balaban J connectivity index is 1.61. The van der Waals surface area contributed by atoms with Crippen molar-refractivity contribution in [3.63, 3.8) is 0 Å². The molecule has 86 valence electrons. The fourth-order valence-corrected chi connectivity index (χ4v) is 1.57. The topological polar surface area (TPSA) is 47.7 Å². The van der Waals surface area contributed by atoms with Crippen molar-refractivity contribution in [3.05, 3.63) is 36.7 Å². The smallest absolute Gasteiger partial charge is 0.0945 e. The highest BCUT2D eigenvalue weighted by Gasteiger charge is 1.97. The zero-order chi connectivity index (χ0) is 11.2. The monoisotopic (exact) mass is 219 g/mol. The summed E-state index contributed by atoms with van der Waals surface area (Å²) < 4.78 is 3.98. The standard InChI is InChI=1S/C11H17N5/c1-15-10-13-9-11(15)8-12-4-2-6-16-7-3-5-14-16/h3,5,7,9-10,12H,2,4,6,8H2,1H3. The average Bonchev–Trinajstić information content (AvgIpc) is 2.90. The third-order valence-electron chi connectivity index (χ3n) is 2.52. The second kappa shape index (κ2) is 5.46. The first-order chi connectivity index (χ1) is 7.86. The van der Waals surface area contributed by atoms with E-state index in [9.17, 15) is 0 Å². The summed E-state index contributed by atoms with van der Waals surface area (Å²) in [5, 5.41) is 7.54. The number of hydrogen-bond acceptors (Lipinski definition) is 3. The minimum absolute atomic E-state index is 0.871. The minimum Gasteiger partial charge on any atom is -0.337 e. The normalized spacial score (nSPS) is 10.8. The Labute approximate surface area is 95.1 Å². The molecule has 5 heteroatoms. The van der Waals surface area contributed by atoms with Gasteiger partial charge in [-0.1, -0.05) is 0 Å². The van der Waals surface area contributed by atoms with Crippen LogP contribution in [-0.4, -0.2) is 25.9 Å². The van der Waals surface area contributed by atoms with Crippen LogP contribution in [-0.2, 0) is 20.1 Å². The molecule has 0 radical (unpaired) electrons. The molecule has 0 spiro atoms. The van der Waals surface area contributed by atoms with E-state index in [4.69, 9.17) is 0 Å². The Morgan fingerprint density at radius 2 is 2.38 bits per heavy atom. The molecule has 0 fully saturated rings. The predicted octanol–water partition coefficient (Wildman–Crippen LogP) is 0.796. The van der Waals surface area contributed by atoms with Crippen LogP contribution in [0.15, 0.2) is 31.0 Å². The Kier molecular flexibility index (Phi) is 3.71. The van der Waals surface area contributed by atoms with Crippen LogP contribution in [0.1, 0.15) is 12.1 Å². The molecule has 0 aliphatic heterocycles. The molecule has 2 rings (SSSR count). The molecule has 2 heterocycles. The molecule has 2 aromatic rings. The average molecular weight is 219 g/mol. The summed E-state index contributed by atoms with van der Waals surface area (Å²) in [6, 6.07) is 1.95. The second-order valence-electron chi connectivity index (χ2n) is 3.80. The van der Waals surface area contributed by atoms with E-state index in [0.717, 1.165) is 26.1 Å². The van der Waals surface area contributed by atoms with Gasteiger partial charge >= 0.3 is 0 Å². The summed E-state index contributed by atoms with van der Waals surface area (Å²) in [6.45, 7) is 2.83. The van der Waals surface area contributed by atoms with Gasteiger partial charge in [0.2, 0.25) is 0 Å². The van der Waals surface area contributed by atoms with Gasteiger partial charge in [0.1, 0.15) is 0 Å². The molecule has 0 atom stereocenters. The van der Waals surface area contributed by atoms with E-state index < -0.39 is 0 Å². The first kappa shape index (κ1) is 10.9. The van der Waals surface area contributed by atoms with Crippen LogP contribution in [0.4, 0.5) is 0 Å². The van der Waals surface area contributed by atoms with Gasteiger partial charge in [-0.15, -0.1) is 0 Å². The molecule has 0 aliphatic rings. The molecule has 1 N–H and O–H groups in total. The summed E-state index contributed by atoms with van der Waals surface area (Å²) in [5.41, 5.74) is 1.21. The largest absolute Gasteiger partial charge is 0.337 e. The van der Waals surface area contributed by atoms with E-state index in [0.29, 0.717) is 0 Å². The van der Waals surface area contributed by atoms with Crippen molar-refractivity contribution < 1.29 is 0 Å². The maximum absolute atomic E-state index is 4.15. The molecule has 0 amide bonds. The number of rotatable bonds is 6. The fourth-order valence-electron chi connectivity index (χ4n) is 1.57. The Morgan fingerprint density at radius 3 is 3.06 bits per heavy atom. The van der Waals surface area contributed by atoms with Crippen molar-refractivity contribution in [2.45, 2.75) is 19.5 Å². The molecule has 0 saturated heterocycles. The van der Waals surface area contributed by atoms with Gasteiger partial charge in [0.15, 0.2) is 0 Å². The fraction of sp³-hybridized carbons (Fsp3) is 0.455. The highest BCUT2D eigenvalue weighted by Crippen LogP contribution is 1.95. The Bertz CT molecular complexity index is 404. The molecule has 5 nitrogen and oxygen atoms in total. The number of nitrogens with one attached hydrogen (secondary N) is 1. The molecule has 0 unspecified atom stereocenters. The highest BCUT2D eigenvalue weighted by atomic mass is 15.3. The van der Waals surface area contributed by atoms with Crippen LogP contribution >= 0.6 is 0 Å². The molecular weight excluding hydrogens is 202 g/mol. The number of hydrogen-bond donors (Lipinski definition) is 1. The van der Waals surface area contributed by atoms with Gasteiger partial charge < -0.3 is 9.88 Å². The van der Waals surface area contributed by atoms with Gasteiger partial charge in [0, 0.05) is 38.7 Å². The number of nitrogens with zero attached hydrogens (tertiary/aromatic N) is 4. The number of aromatic nitrogens is 4. The first-order valence-corrected chi connectivity index (χ1v) is 5.49. The molecule has 2 aromatic heterocycles. The first-order valence-electron chi connectivity index (χ1n) is 5.49. The van der Waals surface area contributed by atoms with Crippen LogP contribution in [0, 0.1) is 0 Å². The predicted molar refractivity (Wildman–Crippen MR) is 61.8 cm³/mol. The van der Waals surface area contributed by atoms with Crippen LogP contribution in [0.25, 0.3) is 0 Å². The van der Waals surface area contributed by atoms with Crippen LogP contribution in [0.2, 0.25) is 0 Å². The Morgan fingerprint density at radius 1 is 1.44 bits per heavy atom. The lowest BCUT2D eigenvalue weighted by Crippen LogP contribution is -2.18. The van der Waals surface area contributed by atoms with Crippen molar-refractivity contribution in [1.29, 1.82) is 0 Å². The van der Waals surface area contributed by atoms with Crippen molar-refractivity contribution in [2.75, 3.05) is 6.54 Å². The number of imidazole rings is 1. The molecular formula is C11H17N5. The van der Waals surface area contributed by atoms with Crippen LogP contribution in [0.5, 0.6) is 0 Å². The van der Waals surface area contributed by atoms with Gasteiger partial charge in [-0.05, 0) is 19.0 Å². The van der Waals surface area contributed by atoms with E-state index >= 15 is 0 Å². The highest BCUT2D eigenvalue weighted by molar-refractivity contribution is 4.96. The van der Waals surface area contributed by atoms with Crippen molar-refractivity contribution in [1.82, 2.24) is 24.6 Å². The SMILES string of the molecule is Cn1cncc1CNCCCn1cccn1. The Hall–Kier alpha value is -1.62. The third kappa shape index (κ3) is 2.93. The van der Waals surface area contributed by atoms with E-state index in [2.05, 4.69) is 15.4 Å². The van der Waals surface area contributed by atoms with E-state index in [1.165, 1.54) is 5.69 Å². The zero-order valence-corrected chi connectivity index (χ0v) is 9.50. The molecule has 0 aliphatic carbocycles. The summed E-state index contributed by atoms with van der Waals surface area (Å²) in [7, 11) is 2.01. The molecule has 0 bridgehead atoms.